The molecule has 0 bridgehead atoms. The van der Waals surface area contributed by atoms with Crippen molar-refractivity contribution in [3.63, 3.8) is 0 Å². The summed E-state index contributed by atoms with van der Waals surface area (Å²) < 4.78 is 2.19. The van der Waals surface area contributed by atoms with E-state index in [1.165, 1.54) is 0 Å². The molecule has 0 aromatic carbocycles. The molecule has 18 heavy (non-hydrogen) atoms. The van der Waals surface area contributed by atoms with Gasteiger partial charge in [-0.25, -0.2) is 4.98 Å². The molecule has 1 saturated heterocycles. The zero-order valence-corrected chi connectivity index (χ0v) is 10.9. The average Bonchev–Trinajstić information content (AvgIpc) is 2.85. The summed E-state index contributed by atoms with van der Waals surface area (Å²) in [5, 5.41) is 8.73. The largest absolute Gasteiger partial charge is 0.481 e. The molecule has 100 valence electrons. The van der Waals surface area contributed by atoms with Crippen LogP contribution in [0, 0.1) is 0 Å². The summed E-state index contributed by atoms with van der Waals surface area (Å²) in [4.78, 5) is 17.3. The topological polar surface area (TPSA) is 58.4 Å². The van der Waals surface area contributed by atoms with Gasteiger partial charge in [-0.1, -0.05) is 0 Å². The Balaban J connectivity index is 1.96. The third kappa shape index (κ3) is 3.10. The fraction of sp³-hybridized carbons (Fsp3) is 0.692. The van der Waals surface area contributed by atoms with Gasteiger partial charge in [-0.3, -0.25) is 4.79 Å². The van der Waals surface area contributed by atoms with Crippen LogP contribution in [-0.4, -0.2) is 45.2 Å². The predicted octanol–water partition coefficient (Wildman–Crippen LogP) is 1.56. The second-order valence-electron chi connectivity index (χ2n) is 4.85. The smallest absolute Gasteiger partial charge is 0.304 e. The Morgan fingerprint density at radius 1 is 1.61 bits per heavy atom. The summed E-state index contributed by atoms with van der Waals surface area (Å²) in [6, 6.07) is 0. The second-order valence-corrected chi connectivity index (χ2v) is 4.85. The van der Waals surface area contributed by atoms with Crippen molar-refractivity contribution in [3.8, 4) is 0 Å². The molecule has 5 heteroatoms. The molecule has 2 rings (SSSR count). The van der Waals surface area contributed by atoms with Crippen LogP contribution < -0.4 is 0 Å². The van der Waals surface area contributed by atoms with Crippen molar-refractivity contribution in [1.29, 1.82) is 0 Å². The van der Waals surface area contributed by atoms with Crippen molar-refractivity contribution < 1.29 is 9.90 Å². The Labute approximate surface area is 107 Å². The number of hydrogen-bond donors (Lipinski definition) is 1. The lowest BCUT2D eigenvalue weighted by Crippen LogP contribution is -2.36. The van der Waals surface area contributed by atoms with E-state index < -0.39 is 5.97 Å². The Kier molecular flexibility index (Phi) is 4.36. The monoisotopic (exact) mass is 251 g/mol. The van der Waals surface area contributed by atoms with Gasteiger partial charge < -0.3 is 14.6 Å². The first-order chi connectivity index (χ1) is 8.70. The normalized spacial score (nSPS) is 21.1. The highest BCUT2D eigenvalue weighted by atomic mass is 16.4. The van der Waals surface area contributed by atoms with E-state index in [0.29, 0.717) is 12.5 Å². The number of imidazole rings is 1. The van der Waals surface area contributed by atoms with Crippen molar-refractivity contribution >= 4 is 5.97 Å². The number of aromatic nitrogens is 2. The van der Waals surface area contributed by atoms with Gasteiger partial charge >= 0.3 is 5.97 Å². The molecule has 1 atom stereocenters. The van der Waals surface area contributed by atoms with Crippen LogP contribution in [0.2, 0.25) is 0 Å². The van der Waals surface area contributed by atoms with E-state index in [1.807, 2.05) is 12.4 Å². The number of carboxylic acid groups (broad SMARTS) is 1. The molecule has 0 aliphatic carbocycles. The number of aryl methyl sites for hydroxylation is 1. The van der Waals surface area contributed by atoms with Crippen LogP contribution in [0.25, 0.3) is 0 Å². The lowest BCUT2D eigenvalue weighted by molar-refractivity contribution is -0.137. The molecule has 0 unspecified atom stereocenters. The average molecular weight is 251 g/mol. The molecule has 0 radical (unpaired) electrons. The third-order valence-corrected chi connectivity index (χ3v) is 3.60. The van der Waals surface area contributed by atoms with E-state index in [1.54, 1.807) is 0 Å². The van der Waals surface area contributed by atoms with Gasteiger partial charge in [0.2, 0.25) is 0 Å². The zero-order valence-electron chi connectivity index (χ0n) is 10.9. The van der Waals surface area contributed by atoms with Gasteiger partial charge in [0.1, 0.15) is 5.82 Å². The lowest BCUT2D eigenvalue weighted by atomic mass is 9.97. The van der Waals surface area contributed by atoms with Gasteiger partial charge in [-0.15, -0.1) is 0 Å². The number of hydrogen-bond acceptors (Lipinski definition) is 3. The summed E-state index contributed by atoms with van der Waals surface area (Å²) in [6.07, 6.45) is 6.39. The summed E-state index contributed by atoms with van der Waals surface area (Å²) in [5.74, 6) is 0.882. The molecule has 1 fully saturated rings. The van der Waals surface area contributed by atoms with Crippen molar-refractivity contribution in [2.24, 2.45) is 0 Å². The van der Waals surface area contributed by atoms with Crippen LogP contribution in [0.4, 0.5) is 0 Å². The summed E-state index contributed by atoms with van der Waals surface area (Å²) >= 11 is 0. The highest BCUT2D eigenvalue weighted by molar-refractivity contribution is 5.66. The summed E-state index contributed by atoms with van der Waals surface area (Å²) in [7, 11) is 0. The van der Waals surface area contributed by atoms with Gasteiger partial charge in [0, 0.05) is 37.9 Å². The third-order valence-electron chi connectivity index (χ3n) is 3.60. The minimum atomic E-state index is -0.716. The van der Waals surface area contributed by atoms with Gasteiger partial charge in [0.25, 0.3) is 0 Å². The highest BCUT2D eigenvalue weighted by Crippen LogP contribution is 2.25. The van der Waals surface area contributed by atoms with Crippen LogP contribution in [0.5, 0.6) is 0 Å². The first-order valence-electron chi connectivity index (χ1n) is 6.66. The van der Waals surface area contributed by atoms with Crippen molar-refractivity contribution in [2.75, 3.05) is 19.6 Å². The molecule has 1 aromatic rings. The highest BCUT2D eigenvalue weighted by Gasteiger charge is 2.24. The molecule has 0 amide bonds. The van der Waals surface area contributed by atoms with Crippen molar-refractivity contribution in [3.05, 3.63) is 18.2 Å². The molecule has 1 aromatic heterocycles. The van der Waals surface area contributed by atoms with Gasteiger partial charge in [-0.2, -0.15) is 0 Å². The quantitative estimate of drug-likeness (QED) is 0.862. The number of carbonyl (C=O) groups is 1. The van der Waals surface area contributed by atoms with Crippen LogP contribution in [0.15, 0.2) is 12.4 Å². The molecule has 1 N–H and O–H groups in total. The standard InChI is InChI=1S/C13H21N3O2/c1-2-16-9-6-14-13(16)11-4-3-7-15(10-11)8-5-12(17)18/h6,9,11H,2-5,7-8,10H2,1H3,(H,17,18)/t11-/m0/s1. The number of aliphatic carboxylic acids is 1. The minimum absolute atomic E-state index is 0.231. The summed E-state index contributed by atoms with van der Waals surface area (Å²) in [6.45, 7) is 5.66. The number of rotatable bonds is 5. The van der Waals surface area contributed by atoms with Gasteiger partial charge in [0.05, 0.1) is 6.42 Å². The zero-order chi connectivity index (χ0) is 13.0. The molecular formula is C13H21N3O2. The van der Waals surface area contributed by atoms with Crippen LogP contribution in [-0.2, 0) is 11.3 Å². The first-order valence-corrected chi connectivity index (χ1v) is 6.66. The molecule has 0 saturated carbocycles. The lowest BCUT2D eigenvalue weighted by Gasteiger charge is -2.32. The SMILES string of the molecule is CCn1ccnc1[C@H]1CCCN(CCC(=O)O)C1. The first kappa shape index (κ1) is 13.1. The summed E-state index contributed by atoms with van der Waals surface area (Å²) in [5.41, 5.74) is 0. The van der Waals surface area contributed by atoms with Crippen LogP contribution in [0.3, 0.4) is 0 Å². The number of carboxylic acids is 1. The maximum atomic E-state index is 10.6. The van der Waals surface area contributed by atoms with Crippen molar-refractivity contribution in [2.45, 2.75) is 38.6 Å². The molecule has 5 nitrogen and oxygen atoms in total. The number of likely N-dealkylation sites (tertiary alicyclic amines) is 1. The second kappa shape index (κ2) is 6.00. The molecule has 0 spiro atoms. The Morgan fingerprint density at radius 3 is 3.17 bits per heavy atom. The van der Waals surface area contributed by atoms with Gasteiger partial charge in [-0.05, 0) is 26.3 Å². The maximum absolute atomic E-state index is 10.6. The predicted molar refractivity (Wildman–Crippen MR) is 68.6 cm³/mol. The van der Waals surface area contributed by atoms with E-state index in [-0.39, 0.29) is 6.42 Å². The fourth-order valence-corrected chi connectivity index (χ4v) is 2.67. The van der Waals surface area contributed by atoms with Crippen LogP contribution in [0.1, 0.15) is 37.9 Å². The van der Waals surface area contributed by atoms with E-state index in [0.717, 1.165) is 38.3 Å². The minimum Gasteiger partial charge on any atom is -0.481 e. The van der Waals surface area contributed by atoms with Crippen molar-refractivity contribution in [1.82, 2.24) is 14.5 Å². The molecule has 2 heterocycles. The van der Waals surface area contributed by atoms with Crippen LogP contribution >= 0.6 is 0 Å². The van der Waals surface area contributed by atoms with Gasteiger partial charge in [0.15, 0.2) is 0 Å². The Bertz CT molecular complexity index is 403. The number of nitrogens with zero attached hydrogens (tertiary/aromatic N) is 3. The maximum Gasteiger partial charge on any atom is 0.304 e. The van der Waals surface area contributed by atoms with E-state index in [4.69, 9.17) is 5.11 Å². The molecule has 1 aliphatic heterocycles. The van der Waals surface area contributed by atoms with E-state index in [9.17, 15) is 4.79 Å². The number of piperidine rings is 1. The van der Waals surface area contributed by atoms with E-state index >= 15 is 0 Å². The Hall–Kier alpha value is -1.36. The Morgan fingerprint density at radius 2 is 2.44 bits per heavy atom. The molecule has 1 aliphatic rings. The molecular weight excluding hydrogens is 230 g/mol. The fourth-order valence-electron chi connectivity index (χ4n) is 2.67. The van der Waals surface area contributed by atoms with E-state index in [2.05, 4.69) is 21.4 Å².